The second kappa shape index (κ2) is 13.0. The maximum Gasteiger partial charge on any atom is 0.200 e. The van der Waals surface area contributed by atoms with E-state index in [1.54, 1.807) is 0 Å². The molecule has 0 aromatic carbocycles. The molecule has 0 saturated heterocycles. The van der Waals surface area contributed by atoms with Gasteiger partial charge in [-0.25, -0.2) is 0 Å². The molecule has 1 nitrogen and oxygen atoms in total. The highest BCUT2D eigenvalue weighted by Gasteiger charge is 2.32. The Morgan fingerprint density at radius 1 is 0.800 bits per heavy atom. The molecule has 118 valence electrons. The summed E-state index contributed by atoms with van der Waals surface area (Å²) in [4.78, 5) is 0. The van der Waals surface area contributed by atoms with Crippen LogP contribution in [0.25, 0.3) is 0 Å². The molecule has 0 aliphatic carbocycles. The SMILES string of the molecule is C#CC(I)[N+](CCCCC)(CCCCC)CCCCC. The molecule has 0 rings (SSSR count). The van der Waals surface area contributed by atoms with Crippen molar-refractivity contribution in [2.75, 3.05) is 19.6 Å². The van der Waals surface area contributed by atoms with Crippen molar-refractivity contribution in [3.8, 4) is 12.3 Å². The maximum absolute atomic E-state index is 5.80. The van der Waals surface area contributed by atoms with Crippen LogP contribution < -0.4 is 0 Å². The van der Waals surface area contributed by atoms with E-state index in [-0.39, 0.29) is 0 Å². The van der Waals surface area contributed by atoms with E-state index in [4.69, 9.17) is 6.42 Å². The van der Waals surface area contributed by atoms with Crippen LogP contribution in [0, 0.1) is 12.3 Å². The van der Waals surface area contributed by atoms with Gasteiger partial charge >= 0.3 is 0 Å². The van der Waals surface area contributed by atoms with Gasteiger partial charge in [0.05, 0.1) is 19.6 Å². The summed E-state index contributed by atoms with van der Waals surface area (Å²) in [7, 11) is 0. The zero-order valence-electron chi connectivity index (χ0n) is 14.0. The lowest BCUT2D eigenvalue weighted by Crippen LogP contribution is -2.54. The van der Waals surface area contributed by atoms with Crippen LogP contribution >= 0.6 is 22.6 Å². The van der Waals surface area contributed by atoms with Crippen LogP contribution in [0.1, 0.15) is 78.6 Å². The van der Waals surface area contributed by atoms with Crippen LogP contribution in [-0.2, 0) is 0 Å². The first-order chi connectivity index (χ1) is 9.66. The molecule has 0 radical (unpaired) electrons. The molecule has 0 fully saturated rings. The van der Waals surface area contributed by atoms with Crippen molar-refractivity contribution in [1.29, 1.82) is 0 Å². The summed E-state index contributed by atoms with van der Waals surface area (Å²) in [5.74, 6) is 3.05. The van der Waals surface area contributed by atoms with Gasteiger partial charge in [0.15, 0.2) is 0 Å². The molecule has 0 bridgehead atoms. The number of hydrogen-bond acceptors (Lipinski definition) is 0. The first-order valence-electron chi connectivity index (χ1n) is 8.62. The number of terminal acetylenes is 1. The van der Waals surface area contributed by atoms with Gasteiger partial charge in [-0.1, -0.05) is 40.0 Å². The number of rotatable bonds is 13. The van der Waals surface area contributed by atoms with Gasteiger partial charge in [-0.05, 0) is 44.4 Å². The minimum Gasteiger partial charge on any atom is -0.303 e. The monoisotopic (exact) mass is 392 g/mol. The number of unbranched alkanes of at least 4 members (excludes halogenated alkanes) is 6. The summed E-state index contributed by atoms with van der Waals surface area (Å²) in [5, 5.41) is 0. The fraction of sp³-hybridized carbons (Fsp3) is 0.889. The zero-order chi connectivity index (χ0) is 15.3. The van der Waals surface area contributed by atoms with E-state index in [2.05, 4.69) is 49.3 Å². The van der Waals surface area contributed by atoms with Gasteiger partial charge in [-0.15, -0.1) is 6.42 Å². The zero-order valence-corrected chi connectivity index (χ0v) is 16.1. The summed E-state index contributed by atoms with van der Waals surface area (Å²) in [5.41, 5.74) is 0. The normalized spacial score (nSPS) is 13.2. The highest BCUT2D eigenvalue weighted by Crippen LogP contribution is 2.24. The van der Waals surface area contributed by atoms with E-state index < -0.39 is 0 Å². The summed E-state index contributed by atoms with van der Waals surface area (Å²) < 4.78 is 1.51. The standard InChI is InChI=1S/C18H35IN/c1-5-9-12-15-20(18(19)8-4,16-13-10-6-2)17-14-11-7-3/h4,18H,5-7,9-17H2,1-3H3/q+1. The lowest BCUT2D eigenvalue weighted by molar-refractivity contribution is -0.927. The minimum absolute atomic E-state index is 0.346. The molecule has 0 aromatic rings. The van der Waals surface area contributed by atoms with E-state index in [0.29, 0.717) is 4.05 Å². The Morgan fingerprint density at radius 2 is 1.15 bits per heavy atom. The molecule has 0 aromatic heterocycles. The number of hydrogen-bond donors (Lipinski definition) is 0. The maximum atomic E-state index is 5.80. The molecule has 0 amide bonds. The van der Waals surface area contributed by atoms with Gasteiger partial charge in [0.2, 0.25) is 4.05 Å². The number of halogens is 1. The Hall–Kier alpha value is 0.250. The molecular weight excluding hydrogens is 357 g/mol. The van der Waals surface area contributed by atoms with Gasteiger partial charge in [0, 0.05) is 22.6 Å². The molecule has 0 N–H and O–H groups in total. The molecule has 0 aliphatic rings. The second-order valence-electron chi connectivity index (χ2n) is 6.01. The third-order valence-electron chi connectivity index (χ3n) is 4.24. The van der Waals surface area contributed by atoms with Crippen molar-refractivity contribution in [2.24, 2.45) is 0 Å². The summed E-state index contributed by atoms with van der Waals surface area (Å²) >= 11 is 2.51. The van der Waals surface area contributed by atoms with Gasteiger partial charge in [-0.3, -0.25) is 0 Å². The molecule has 1 atom stereocenters. The van der Waals surface area contributed by atoms with Crippen molar-refractivity contribution in [3.05, 3.63) is 0 Å². The van der Waals surface area contributed by atoms with Crippen molar-refractivity contribution in [2.45, 2.75) is 82.6 Å². The third-order valence-corrected chi connectivity index (χ3v) is 5.78. The Bertz CT molecular complexity index is 230. The quantitative estimate of drug-likeness (QED) is 0.0933. The summed E-state index contributed by atoms with van der Waals surface area (Å²) in [6.45, 7) is 10.7. The number of nitrogens with zero attached hydrogens (tertiary/aromatic N) is 1. The van der Waals surface area contributed by atoms with Crippen LogP contribution in [-0.4, -0.2) is 28.2 Å². The first kappa shape index (κ1) is 20.2. The Balaban J connectivity index is 4.72. The van der Waals surface area contributed by atoms with E-state index >= 15 is 0 Å². The number of quaternary nitrogens is 1. The topological polar surface area (TPSA) is 0 Å². The Kier molecular flexibility index (Phi) is 13.1. The molecule has 0 saturated carbocycles. The van der Waals surface area contributed by atoms with E-state index in [1.165, 1.54) is 77.4 Å². The predicted octanol–water partition coefficient (Wildman–Crippen LogP) is 5.77. The molecule has 2 heteroatoms. The minimum atomic E-state index is 0.346. The lowest BCUT2D eigenvalue weighted by atomic mass is 10.1. The van der Waals surface area contributed by atoms with Crippen molar-refractivity contribution in [1.82, 2.24) is 0 Å². The van der Waals surface area contributed by atoms with E-state index in [9.17, 15) is 0 Å². The van der Waals surface area contributed by atoms with Crippen molar-refractivity contribution < 1.29 is 4.48 Å². The Labute approximate surface area is 141 Å². The molecule has 0 spiro atoms. The van der Waals surface area contributed by atoms with Gasteiger partial charge in [-0.2, -0.15) is 0 Å². The van der Waals surface area contributed by atoms with Gasteiger partial charge < -0.3 is 4.48 Å². The average molecular weight is 392 g/mol. The Morgan fingerprint density at radius 3 is 1.40 bits per heavy atom. The largest absolute Gasteiger partial charge is 0.303 e. The summed E-state index contributed by atoms with van der Waals surface area (Å²) in [6.07, 6.45) is 17.7. The smallest absolute Gasteiger partial charge is 0.200 e. The second-order valence-corrected chi connectivity index (χ2v) is 7.19. The molecule has 20 heavy (non-hydrogen) atoms. The van der Waals surface area contributed by atoms with Crippen LogP contribution in [0.4, 0.5) is 0 Å². The third kappa shape index (κ3) is 7.88. The highest BCUT2D eigenvalue weighted by atomic mass is 127. The summed E-state index contributed by atoms with van der Waals surface area (Å²) in [6, 6.07) is 0. The highest BCUT2D eigenvalue weighted by molar-refractivity contribution is 14.1. The average Bonchev–Trinajstić information content (AvgIpc) is 2.46. The fourth-order valence-electron chi connectivity index (χ4n) is 2.86. The van der Waals surface area contributed by atoms with Gasteiger partial charge in [0.25, 0.3) is 0 Å². The van der Waals surface area contributed by atoms with Crippen LogP contribution in [0.2, 0.25) is 0 Å². The molecular formula is C18H35IN+. The van der Waals surface area contributed by atoms with Gasteiger partial charge in [0.1, 0.15) is 0 Å². The predicted molar refractivity (Wildman–Crippen MR) is 100 cm³/mol. The van der Waals surface area contributed by atoms with E-state index in [0.717, 1.165) is 4.48 Å². The lowest BCUT2D eigenvalue weighted by Gasteiger charge is -2.41. The van der Waals surface area contributed by atoms with Crippen molar-refractivity contribution in [3.63, 3.8) is 0 Å². The van der Waals surface area contributed by atoms with E-state index in [1.807, 2.05) is 0 Å². The van der Waals surface area contributed by atoms with Crippen LogP contribution in [0.15, 0.2) is 0 Å². The molecule has 0 aliphatic heterocycles. The molecule has 1 unspecified atom stereocenters. The van der Waals surface area contributed by atoms with Crippen LogP contribution in [0.3, 0.4) is 0 Å². The van der Waals surface area contributed by atoms with Crippen LogP contribution in [0.5, 0.6) is 0 Å². The fourth-order valence-corrected chi connectivity index (χ4v) is 3.70. The number of alkyl halides is 1. The van der Waals surface area contributed by atoms with Crippen molar-refractivity contribution >= 4 is 22.6 Å². The first-order valence-corrected chi connectivity index (χ1v) is 9.87. The molecule has 0 heterocycles.